The highest BCUT2D eigenvalue weighted by atomic mass is 16.5. The van der Waals surface area contributed by atoms with Crippen LogP contribution in [0.4, 0.5) is 0 Å². The zero-order chi connectivity index (χ0) is 18.8. The van der Waals surface area contributed by atoms with Crippen LogP contribution in [0.2, 0.25) is 0 Å². The highest BCUT2D eigenvalue weighted by molar-refractivity contribution is 5.99. The molecule has 0 spiro atoms. The minimum atomic E-state index is -0.516. The number of methoxy groups -OCH3 is 1. The Labute approximate surface area is 154 Å². The molecule has 0 radical (unpaired) electrons. The van der Waals surface area contributed by atoms with Crippen molar-refractivity contribution in [2.75, 3.05) is 13.7 Å². The number of ether oxygens (including phenoxy) is 2. The van der Waals surface area contributed by atoms with E-state index in [4.69, 9.17) is 18.3 Å². The first-order valence-electron chi connectivity index (χ1n) is 8.35. The maximum atomic E-state index is 12.2. The SMILES string of the molecule is COc1ccc2c(CC(=O)OCC(=O)c3cc4ccccc4o3)coc2c1. The predicted octanol–water partition coefficient (Wildman–Crippen LogP) is 4.16. The van der Waals surface area contributed by atoms with Crippen LogP contribution < -0.4 is 4.74 Å². The number of esters is 1. The number of hydrogen-bond donors (Lipinski definition) is 0. The Morgan fingerprint density at radius 2 is 1.89 bits per heavy atom. The van der Waals surface area contributed by atoms with Crippen LogP contribution in [0.3, 0.4) is 0 Å². The van der Waals surface area contributed by atoms with Gasteiger partial charge in [0.2, 0.25) is 5.78 Å². The molecule has 6 nitrogen and oxygen atoms in total. The minimum Gasteiger partial charge on any atom is -0.497 e. The summed E-state index contributed by atoms with van der Waals surface area (Å²) in [6.45, 7) is -0.373. The van der Waals surface area contributed by atoms with Crippen molar-refractivity contribution in [3.8, 4) is 5.75 Å². The molecule has 4 rings (SSSR count). The second-order valence-corrected chi connectivity index (χ2v) is 6.03. The van der Waals surface area contributed by atoms with Crippen LogP contribution in [0.1, 0.15) is 16.1 Å². The molecule has 2 heterocycles. The summed E-state index contributed by atoms with van der Waals surface area (Å²) in [7, 11) is 1.57. The largest absolute Gasteiger partial charge is 0.497 e. The van der Waals surface area contributed by atoms with Crippen molar-refractivity contribution in [2.45, 2.75) is 6.42 Å². The number of carbonyl (C=O) groups is 2. The molecule has 0 aliphatic carbocycles. The maximum Gasteiger partial charge on any atom is 0.310 e. The first kappa shape index (κ1) is 16.9. The number of hydrogen-bond acceptors (Lipinski definition) is 6. The molecule has 0 atom stereocenters. The van der Waals surface area contributed by atoms with Crippen LogP contribution in [0, 0.1) is 0 Å². The first-order valence-corrected chi connectivity index (χ1v) is 8.35. The summed E-state index contributed by atoms with van der Waals surface area (Å²) in [5.74, 6) is -0.0634. The average Bonchev–Trinajstić information content (AvgIpc) is 3.30. The smallest absolute Gasteiger partial charge is 0.310 e. The molecule has 2 aromatic heterocycles. The number of rotatable bonds is 6. The van der Waals surface area contributed by atoms with E-state index in [0.717, 1.165) is 10.8 Å². The predicted molar refractivity (Wildman–Crippen MR) is 98.0 cm³/mol. The van der Waals surface area contributed by atoms with E-state index in [-0.39, 0.29) is 24.6 Å². The lowest BCUT2D eigenvalue weighted by molar-refractivity contribution is -0.141. The topological polar surface area (TPSA) is 78.9 Å². The number of furan rings is 2. The molecule has 0 bridgehead atoms. The molecule has 0 unspecified atom stereocenters. The summed E-state index contributed by atoms with van der Waals surface area (Å²) in [5, 5.41) is 1.63. The van der Waals surface area contributed by atoms with Gasteiger partial charge < -0.3 is 18.3 Å². The molecule has 0 aliphatic heterocycles. The van der Waals surface area contributed by atoms with Crippen LogP contribution >= 0.6 is 0 Å². The van der Waals surface area contributed by atoms with Gasteiger partial charge in [0.25, 0.3) is 0 Å². The monoisotopic (exact) mass is 364 g/mol. The zero-order valence-electron chi connectivity index (χ0n) is 14.6. The Bertz CT molecular complexity index is 1100. The van der Waals surface area contributed by atoms with Crippen molar-refractivity contribution in [2.24, 2.45) is 0 Å². The molecule has 0 saturated heterocycles. The molecule has 2 aromatic carbocycles. The Kier molecular flexibility index (Phi) is 4.38. The summed E-state index contributed by atoms with van der Waals surface area (Å²) in [5.41, 5.74) is 1.93. The summed E-state index contributed by atoms with van der Waals surface area (Å²) >= 11 is 0. The fourth-order valence-corrected chi connectivity index (χ4v) is 2.87. The average molecular weight is 364 g/mol. The number of ketones is 1. The molecule has 0 saturated carbocycles. The van der Waals surface area contributed by atoms with Crippen LogP contribution in [-0.2, 0) is 16.0 Å². The van der Waals surface area contributed by atoms with Gasteiger partial charge in [-0.1, -0.05) is 18.2 Å². The minimum absolute atomic E-state index is 0.00669. The van der Waals surface area contributed by atoms with Gasteiger partial charge in [-0.2, -0.15) is 0 Å². The Morgan fingerprint density at radius 3 is 2.70 bits per heavy atom. The fraction of sp³-hybridized carbons (Fsp3) is 0.143. The van der Waals surface area contributed by atoms with Gasteiger partial charge in [0.05, 0.1) is 19.8 Å². The standard InChI is InChI=1S/C21H16O6/c1-24-15-6-7-16-14(11-25-19(16)10-15)9-21(23)26-12-17(22)20-8-13-4-2-3-5-18(13)27-20/h2-8,10-11H,9,12H2,1H3. The molecular formula is C21H16O6. The normalized spacial score (nSPS) is 11.0. The molecule has 27 heavy (non-hydrogen) atoms. The molecular weight excluding hydrogens is 348 g/mol. The van der Waals surface area contributed by atoms with Gasteiger partial charge in [0.1, 0.15) is 16.9 Å². The van der Waals surface area contributed by atoms with E-state index >= 15 is 0 Å². The summed E-state index contributed by atoms with van der Waals surface area (Å²) in [6, 6.07) is 14.3. The van der Waals surface area contributed by atoms with E-state index in [1.165, 1.54) is 6.26 Å². The van der Waals surface area contributed by atoms with E-state index in [1.807, 2.05) is 24.3 Å². The maximum absolute atomic E-state index is 12.2. The van der Waals surface area contributed by atoms with Crippen molar-refractivity contribution in [3.63, 3.8) is 0 Å². The summed E-state index contributed by atoms with van der Waals surface area (Å²) in [6.07, 6.45) is 1.51. The third-order valence-electron chi connectivity index (χ3n) is 4.26. The van der Waals surface area contributed by atoms with Crippen LogP contribution in [0.15, 0.2) is 63.6 Å². The van der Waals surface area contributed by atoms with Crippen molar-refractivity contribution < 1.29 is 27.9 Å². The van der Waals surface area contributed by atoms with Gasteiger partial charge in [0.15, 0.2) is 12.4 Å². The molecule has 0 N–H and O–H groups in total. The van der Waals surface area contributed by atoms with Crippen molar-refractivity contribution in [3.05, 3.63) is 66.1 Å². The highest BCUT2D eigenvalue weighted by Gasteiger charge is 2.16. The lowest BCUT2D eigenvalue weighted by Crippen LogP contribution is -2.15. The Balaban J connectivity index is 1.40. The third kappa shape index (κ3) is 3.42. The zero-order valence-corrected chi connectivity index (χ0v) is 14.6. The van der Waals surface area contributed by atoms with Gasteiger partial charge in [-0.25, -0.2) is 0 Å². The van der Waals surface area contributed by atoms with Crippen molar-refractivity contribution >= 4 is 33.7 Å². The van der Waals surface area contributed by atoms with Gasteiger partial charge in [0, 0.05) is 22.4 Å². The Morgan fingerprint density at radius 1 is 1.04 bits per heavy atom. The quantitative estimate of drug-likeness (QED) is 0.378. The van der Waals surface area contributed by atoms with E-state index in [2.05, 4.69) is 0 Å². The second-order valence-electron chi connectivity index (χ2n) is 6.03. The number of benzene rings is 2. The van der Waals surface area contributed by atoms with Gasteiger partial charge in [-0.15, -0.1) is 0 Å². The molecule has 0 amide bonds. The van der Waals surface area contributed by atoms with E-state index in [1.54, 1.807) is 31.4 Å². The van der Waals surface area contributed by atoms with Crippen molar-refractivity contribution in [1.29, 1.82) is 0 Å². The van der Waals surface area contributed by atoms with Gasteiger partial charge in [-0.3, -0.25) is 9.59 Å². The summed E-state index contributed by atoms with van der Waals surface area (Å²) in [4.78, 5) is 24.3. The summed E-state index contributed by atoms with van der Waals surface area (Å²) < 4.78 is 21.2. The second kappa shape index (κ2) is 6.99. The molecule has 4 aromatic rings. The van der Waals surface area contributed by atoms with Crippen molar-refractivity contribution in [1.82, 2.24) is 0 Å². The molecule has 6 heteroatoms. The Hall–Kier alpha value is -3.54. The van der Waals surface area contributed by atoms with Crippen LogP contribution in [0.25, 0.3) is 21.9 Å². The van der Waals surface area contributed by atoms with Crippen LogP contribution in [-0.4, -0.2) is 25.5 Å². The van der Waals surface area contributed by atoms with Crippen LogP contribution in [0.5, 0.6) is 5.75 Å². The number of Topliss-reactive ketones (excluding diaryl/α,β-unsaturated/α-hetero) is 1. The van der Waals surface area contributed by atoms with E-state index in [0.29, 0.717) is 22.5 Å². The van der Waals surface area contributed by atoms with E-state index < -0.39 is 5.97 Å². The number of fused-ring (bicyclic) bond motifs is 2. The third-order valence-corrected chi connectivity index (χ3v) is 4.26. The lowest BCUT2D eigenvalue weighted by atomic mass is 10.1. The van der Waals surface area contributed by atoms with Gasteiger partial charge >= 0.3 is 5.97 Å². The first-order chi connectivity index (χ1) is 13.1. The number of carbonyl (C=O) groups excluding carboxylic acids is 2. The molecule has 0 aliphatic rings. The van der Waals surface area contributed by atoms with E-state index in [9.17, 15) is 9.59 Å². The van der Waals surface area contributed by atoms with Gasteiger partial charge in [-0.05, 0) is 24.3 Å². The number of para-hydroxylation sites is 1. The molecule has 136 valence electrons. The fourth-order valence-electron chi connectivity index (χ4n) is 2.87. The highest BCUT2D eigenvalue weighted by Crippen LogP contribution is 2.26. The molecule has 0 fully saturated rings. The lowest BCUT2D eigenvalue weighted by Gasteiger charge is -2.02.